The molecule has 0 radical (unpaired) electrons. The van der Waals surface area contributed by atoms with Crippen LogP contribution >= 0.6 is 0 Å². The lowest BCUT2D eigenvalue weighted by molar-refractivity contribution is 0.226. The van der Waals surface area contributed by atoms with Gasteiger partial charge in [-0.3, -0.25) is 0 Å². The van der Waals surface area contributed by atoms with Crippen molar-refractivity contribution in [2.75, 3.05) is 0 Å². The molecule has 1 heterocycles. The van der Waals surface area contributed by atoms with E-state index in [0.717, 1.165) is 5.96 Å². The molecule has 0 aromatic heterocycles. The Balaban J connectivity index is 2.67. The van der Waals surface area contributed by atoms with Gasteiger partial charge in [0.15, 0.2) is 0 Å². The molecule has 76 valence electrons. The van der Waals surface area contributed by atoms with E-state index in [4.69, 9.17) is 0 Å². The molecule has 1 fully saturated rings. The lowest BCUT2D eigenvalue weighted by Gasteiger charge is -2.10. The van der Waals surface area contributed by atoms with Gasteiger partial charge in [-0.2, -0.15) is 0 Å². The summed E-state index contributed by atoms with van der Waals surface area (Å²) >= 11 is 0. The predicted octanol–water partition coefficient (Wildman–Crippen LogP) is 2.10. The van der Waals surface area contributed by atoms with E-state index in [9.17, 15) is 0 Å². The maximum atomic E-state index is 4.56. The van der Waals surface area contributed by atoms with Crippen LogP contribution in [0.15, 0.2) is 4.99 Å². The molecule has 0 aromatic carbocycles. The fraction of sp³-hybridized carbons (Fsp3) is 0.900. The monoisotopic (exact) mass is 183 g/mol. The smallest absolute Gasteiger partial charge is 0.236 e. The Labute approximate surface area is 81.4 Å². The quantitative estimate of drug-likeness (QED) is 0.624. The summed E-state index contributed by atoms with van der Waals surface area (Å²) in [5.74, 6) is 1.15. The van der Waals surface area contributed by atoms with Crippen LogP contribution in [-0.2, 0) is 0 Å². The van der Waals surface area contributed by atoms with E-state index in [1.807, 2.05) is 0 Å². The van der Waals surface area contributed by atoms with Crippen LogP contribution in [0.3, 0.4) is 0 Å². The second-order valence-electron chi connectivity index (χ2n) is 4.40. The van der Waals surface area contributed by atoms with Crippen molar-refractivity contribution in [3.05, 3.63) is 0 Å². The average molecular weight is 183 g/mol. The summed E-state index contributed by atoms with van der Waals surface area (Å²) in [5, 5.41) is 4.51. The highest BCUT2D eigenvalue weighted by molar-refractivity contribution is 5.91. The van der Waals surface area contributed by atoms with Gasteiger partial charge in [0.1, 0.15) is 0 Å². The molecule has 0 spiro atoms. The third kappa shape index (κ3) is 2.14. The molecule has 1 aliphatic heterocycles. The van der Waals surface area contributed by atoms with Crippen molar-refractivity contribution in [1.82, 2.24) is 10.0 Å². The molecule has 1 aliphatic rings. The molecule has 1 rings (SSSR count). The number of hydrogen-bond donors (Lipinski definition) is 0. The zero-order valence-corrected chi connectivity index (χ0v) is 9.57. The van der Waals surface area contributed by atoms with Gasteiger partial charge in [-0.25, -0.2) is 15.0 Å². The first-order valence-corrected chi connectivity index (χ1v) is 5.11. The molecule has 0 bridgehead atoms. The minimum absolute atomic E-state index is 0.389. The highest BCUT2D eigenvalue weighted by Gasteiger charge is 2.43. The molecule has 1 saturated heterocycles. The molecule has 3 nitrogen and oxygen atoms in total. The van der Waals surface area contributed by atoms with Gasteiger partial charge in [0.2, 0.25) is 5.96 Å². The molecule has 0 N–H and O–H groups in total. The van der Waals surface area contributed by atoms with Gasteiger partial charge >= 0.3 is 0 Å². The summed E-state index contributed by atoms with van der Waals surface area (Å²) in [6.45, 7) is 13.0. The van der Waals surface area contributed by atoms with Crippen LogP contribution in [-0.4, -0.2) is 34.1 Å². The Morgan fingerprint density at radius 2 is 1.23 bits per heavy atom. The second-order valence-corrected chi connectivity index (χ2v) is 4.40. The summed E-state index contributed by atoms with van der Waals surface area (Å²) in [6, 6.07) is 1.44. The fourth-order valence-electron chi connectivity index (χ4n) is 1.47. The first-order valence-electron chi connectivity index (χ1n) is 5.11. The van der Waals surface area contributed by atoms with E-state index >= 15 is 0 Å². The third-order valence-corrected chi connectivity index (χ3v) is 1.95. The van der Waals surface area contributed by atoms with Crippen molar-refractivity contribution in [2.24, 2.45) is 4.99 Å². The summed E-state index contributed by atoms with van der Waals surface area (Å²) in [6.07, 6.45) is 0. The zero-order valence-electron chi connectivity index (χ0n) is 9.57. The maximum absolute atomic E-state index is 4.56. The molecule has 3 heteroatoms. The van der Waals surface area contributed by atoms with E-state index in [1.165, 1.54) is 0 Å². The highest BCUT2D eigenvalue weighted by atomic mass is 15.9. The van der Waals surface area contributed by atoms with Crippen molar-refractivity contribution in [2.45, 2.75) is 59.7 Å². The largest absolute Gasteiger partial charge is 0.247 e. The predicted molar refractivity (Wildman–Crippen MR) is 56.5 cm³/mol. The summed E-state index contributed by atoms with van der Waals surface area (Å²) in [5.41, 5.74) is 0. The fourth-order valence-corrected chi connectivity index (χ4v) is 1.47. The minimum atomic E-state index is 0.389. The number of nitrogens with zero attached hydrogens (tertiary/aromatic N) is 3. The molecule has 13 heavy (non-hydrogen) atoms. The molecule has 0 aromatic rings. The van der Waals surface area contributed by atoms with Gasteiger partial charge in [0.25, 0.3) is 0 Å². The van der Waals surface area contributed by atoms with Crippen molar-refractivity contribution < 1.29 is 0 Å². The van der Waals surface area contributed by atoms with Crippen LogP contribution in [0.5, 0.6) is 0 Å². The molecule has 0 aliphatic carbocycles. The summed E-state index contributed by atoms with van der Waals surface area (Å²) in [7, 11) is 0. The van der Waals surface area contributed by atoms with Crippen molar-refractivity contribution in [3.8, 4) is 0 Å². The second kappa shape index (κ2) is 3.56. The number of rotatable bonds is 3. The van der Waals surface area contributed by atoms with E-state index in [1.54, 1.807) is 0 Å². The van der Waals surface area contributed by atoms with Gasteiger partial charge in [0.05, 0.1) is 0 Å². The van der Waals surface area contributed by atoms with Crippen molar-refractivity contribution in [1.29, 1.82) is 0 Å². The zero-order chi connectivity index (χ0) is 10.2. The first kappa shape index (κ1) is 10.4. The van der Waals surface area contributed by atoms with Gasteiger partial charge in [0, 0.05) is 18.1 Å². The maximum Gasteiger partial charge on any atom is 0.236 e. The standard InChI is InChI=1S/C10H21N3/c1-7(2)11-10-12(8(3)4)13(10)9(5)6/h7-9H,1-6H3. The number of hydrazine groups is 1. The number of guanidine groups is 1. The van der Waals surface area contributed by atoms with Crippen LogP contribution in [0.4, 0.5) is 0 Å². The van der Waals surface area contributed by atoms with Crippen molar-refractivity contribution >= 4 is 5.96 Å². The molecule has 0 atom stereocenters. The van der Waals surface area contributed by atoms with Crippen LogP contribution in [0, 0.1) is 0 Å². The Hall–Kier alpha value is -0.730. The van der Waals surface area contributed by atoms with Crippen LogP contribution in [0.25, 0.3) is 0 Å². The van der Waals surface area contributed by atoms with Gasteiger partial charge < -0.3 is 0 Å². The van der Waals surface area contributed by atoms with Gasteiger partial charge in [-0.1, -0.05) is 0 Å². The van der Waals surface area contributed by atoms with Gasteiger partial charge in [-0.05, 0) is 41.5 Å². The molecule has 0 amide bonds. The minimum Gasteiger partial charge on any atom is -0.247 e. The van der Waals surface area contributed by atoms with Crippen LogP contribution in [0.1, 0.15) is 41.5 Å². The summed E-state index contributed by atoms with van der Waals surface area (Å²) in [4.78, 5) is 4.56. The molecule has 0 saturated carbocycles. The SMILES string of the molecule is CC(C)N=C1N(C(C)C)N1C(C)C. The topological polar surface area (TPSA) is 18.4 Å². The lowest BCUT2D eigenvalue weighted by atomic mass is 10.4. The van der Waals surface area contributed by atoms with E-state index in [2.05, 4.69) is 56.6 Å². The van der Waals surface area contributed by atoms with E-state index < -0.39 is 0 Å². The van der Waals surface area contributed by atoms with E-state index in [-0.39, 0.29) is 0 Å². The van der Waals surface area contributed by atoms with Crippen LogP contribution < -0.4 is 0 Å². The van der Waals surface area contributed by atoms with E-state index in [0.29, 0.717) is 18.1 Å². The van der Waals surface area contributed by atoms with Crippen LogP contribution in [0.2, 0.25) is 0 Å². The Bertz CT molecular complexity index is 190. The number of aliphatic imine (C=N–C) groups is 1. The van der Waals surface area contributed by atoms with Gasteiger partial charge in [-0.15, -0.1) is 0 Å². The molecular weight excluding hydrogens is 162 g/mol. The third-order valence-electron chi connectivity index (χ3n) is 1.95. The Morgan fingerprint density at radius 3 is 1.46 bits per heavy atom. The summed E-state index contributed by atoms with van der Waals surface area (Å²) < 4.78 is 0. The number of hydrogen-bond acceptors (Lipinski definition) is 1. The molecule has 0 unspecified atom stereocenters. The Morgan fingerprint density at radius 1 is 0.846 bits per heavy atom. The Kier molecular flexibility index (Phi) is 2.84. The lowest BCUT2D eigenvalue weighted by Crippen LogP contribution is -2.20. The average Bonchev–Trinajstić information content (AvgIpc) is 2.60. The first-order chi connectivity index (χ1) is 5.95. The molecular formula is C10H21N3. The normalized spacial score (nSPS) is 16.5. The van der Waals surface area contributed by atoms with Crippen molar-refractivity contribution in [3.63, 3.8) is 0 Å². The highest BCUT2D eigenvalue weighted by Crippen LogP contribution is 2.26.